The Morgan fingerprint density at radius 2 is 1.82 bits per heavy atom. The molecule has 17 heavy (non-hydrogen) atoms. The Balaban J connectivity index is 2.40. The molecule has 0 atom stereocenters. The highest BCUT2D eigenvalue weighted by Gasteiger charge is 2.16. The first-order valence-electron chi connectivity index (χ1n) is 4.87. The van der Waals surface area contributed by atoms with Crippen LogP contribution in [0.5, 0.6) is 5.88 Å². The number of carbonyl (C=O) groups is 1. The van der Waals surface area contributed by atoms with Gasteiger partial charge in [-0.25, -0.2) is 9.97 Å². The molecule has 0 aliphatic rings. The summed E-state index contributed by atoms with van der Waals surface area (Å²) in [6, 6.07) is 6.58. The van der Waals surface area contributed by atoms with Gasteiger partial charge < -0.3 is 4.74 Å². The van der Waals surface area contributed by atoms with E-state index in [2.05, 4.69) is 9.97 Å². The fourth-order valence-electron chi connectivity index (χ4n) is 1.37. The van der Waals surface area contributed by atoms with E-state index in [0.29, 0.717) is 10.6 Å². The van der Waals surface area contributed by atoms with E-state index in [1.54, 1.807) is 24.3 Å². The number of benzene rings is 1. The summed E-state index contributed by atoms with van der Waals surface area (Å²) >= 11 is 5.76. The summed E-state index contributed by atoms with van der Waals surface area (Å²) < 4.78 is 4.99. The molecule has 2 aromatic rings. The molecule has 0 aliphatic heterocycles. The fraction of sp³-hybridized carbons (Fsp3) is 0.0833. The van der Waals surface area contributed by atoms with Gasteiger partial charge in [0.25, 0.3) is 0 Å². The van der Waals surface area contributed by atoms with Gasteiger partial charge in [-0.1, -0.05) is 11.6 Å². The van der Waals surface area contributed by atoms with Crippen LogP contribution in [-0.2, 0) is 0 Å². The molecule has 0 saturated carbocycles. The third-order valence-electron chi connectivity index (χ3n) is 2.18. The first-order valence-corrected chi connectivity index (χ1v) is 5.25. The summed E-state index contributed by atoms with van der Waals surface area (Å²) in [5, 5.41) is 0.577. The summed E-state index contributed by atoms with van der Waals surface area (Å²) in [5.74, 6) is -0.0286. The number of carbonyl (C=O) groups excluding carboxylic acids is 1. The molecule has 0 bridgehead atoms. The average molecular weight is 249 g/mol. The molecule has 1 aromatic heterocycles. The van der Waals surface area contributed by atoms with Crippen molar-refractivity contribution in [1.29, 1.82) is 0 Å². The number of hydrogen-bond acceptors (Lipinski definition) is 4. The number of methoxy groups -OCH3 is 1. The van der Waals surface area contributed by atoms with Crippen LogP contribution in [0.2, 0.25) is 5.02 Å². The number of rotatable bonds is 3. The predicted octanol–water partition coefficient (Wildman–Crippen LogP) is 2.37. The highest BCUT2D eigenvalue weighted by atomic mass is 35.5. The molecule has 0 saturated heterocycles. The molecule has 1 aromatic carbocycles. The SMILES string of the molecule is COc1nccnc1C(=O)c1ccc(Cl)cc1. The maximum atomic E-state index is 12.1. The zero-order valence-electron chi connectivity index (χ0n) is 9.05. The van der Waals surface area contributed by atoms with Crippen molar-refractivity contribution in [3.8, 4) is 5.88 Å². The number of nitrogens with zero attached hydrogens (tertiary/aromatic N) is 2. The van der Waals surface area contributed by atoms with Crippen molar-refractivity contribution in [2.45, 2.75) is 0 Å². The predicted molar refractivity (Wildman–Crippen MR) is 63.5 cm³/mol. The number of aromatic nitrogens is 2. The van der Waals surface area contributed by atoms with Crippen molar-refractivity contribution in [3.63, 3.8) is 0 Å². The van der Waals surface area contributed by atoms with Crippen LogP contribution in [0.15, 0.2) is 36.7 Å². The van der Waals surface area contributed by atoms with Crippen molar-refractivity contribution in [1.82, 2.24) is 9.97 Å². The Hall–Kier alpha value is -1.94. The molecule has 0 unspecified atom stereocenters. The number of ketones is 1. The maximum absolute atomic E-state index is 12.1. The molecule has 0 aliphatic carbocycles. The minimum Gasteiger partial charge on any atom is -0.479 e. The molecule has 0 spiro atoms. The second-order valence-corrected chi connectivity index (χ2v) is 3.69. The quantitative estimate of drug-likeness (QED) is 0.783. The summed E-state index contributed by atoms with van der Waals surface area (Å²) in [7, 11) is 1.45. The highest BCUT2D eigenvalue weighted by molar-refractivity contribution is 6.30. The molecular weight excluding hydrogens is 240 g/mol. The minimum absolute atomic E-state index is 0.192. The molecule has 0 fully saturated rings. The molecule has 0 N–H and O–H groups in total. The van der Waals surface area contributed by atoms with Gasteiger partial charge in [0.1, 0.15) is 0 Å². The molecule has 2 rings (SSSR count). The smallest absolute Gasteiger partial charge is 0.243 e. The maximum Gasteiger partial charge on any atom is 0.243 e. The first-order chi connectivity index (χ1) is 8.22. The van der Waals surface area contributed by atoms with E-state index in [1.807, 2.05) is 0 Å². The third kappa shape index (κ3) is 2.42. The van der Waals surface area contributed by atoms with Crippen LogP contribution in [0.3, 0.4) is 0 Å². The summed E-state index contributed by atoms with van der Waals surface area (Å²) in [5.41, 5.74) is 0.686. The van der Waals surface area contributed by atoms with Gasteiger partial charge in [0.05, 0.1) is 7.11 Å². The van der Waals surface area contributed by atoms with E-state index >= 15 is 0 Å². The van der Waals surface area contributed by atoms with Crippen LogP contribution in [0.25, 0.3) is 0 Å². The van der Waals surface area contributed by atoms with Crippen LogP contribution < -0.4 is 4.74 Å². The molecular formula is C12H9ClN2O2. The lowest BCUT2D eigenvalue weighted by Gasteiger charge is -2.04. The summed E-state index contributed by atoms with van der Waals surface area (Å²) in [6.45, 7) is 0. The monoisotopic (exact) mass is 248 g/mol. The Kier molecular flexibility index (Phi) is 3.35. The Morgan fingerprint density at radius 1 is 1.18 bits per heavy atom. The fourth-order valence-corrected chi connectivity index (χ4v) is 1.49. The largest absolute Gasteiger partial charge is 0.479 e. The third-order valence-corrected chi connectivity index (χ3v) is 2.43. The normalized spacial score (nSPS) is 10.0. The molecule has 4 nitrogen and oxygen atoms in total. The molecule has 86 valence electrons. The second kappa shape index (κ2) is 4.93. The van der Waals surface area contributed by atoms with Crippen molar-refractivity contribution >= 4 is 17.4 Å². The van der Waals surface area contributed by atoms with E-state index in [-0.39, 0.29) is 17.4 Å². The Bertz CT molecular complexity index is 540. The topological polar surface area (TPSA) is 52.1 Å². The lowest BCUT2D eigenvalue weighted by molar-refractivity contribution is 0.103. The van der Waals surface area contributed by atoms with E-state index in [0.717, 1.165) is 0 Å². The van der Waals surface area contributed by atoms with E-state index in [9.17, 15) is 4.79 Å². The average Bonchev–Trinajstić information content (AvgIpc) is 2.39. The summed E-state index contributed by atoms with van der Waals surface area (Å²) in [4.78, 5) is 20.0. The summed E-state index contributed by atoms with van der Waals surface area (Å²) in [6.07, 6.45) is 2.92. The van der Waals surface area contributed by atoms with Gasteiger partial charge in [0, 0.05) is 23.0 Å². The van der Waals surface area contributed by atoms with Gasteiger partial charge in [0.15, 0.2) is 5.69 Å². The van der Waals surface area contributed by atoms with Crippen LogP contribution >= 0.6 is 11.6 Å². The zero-order valence-corrected chi connectivity index (χ0v) is 9.81. The molecule has 5 heteroatoms. The van der Waals surface area contributed by atoms with Gasteiger partial charge in [0.2, 0.25) is 11.7 Å². The van der Waals surface area contributed by atoms with Crippen molar-refractivity contribution < 1.29 is 9.53 Å². The van der Waals surface area contributed by atoms with Gasteiger partial charge >= 0.3 is 0 Å². The second-order valence-electron chi connectivity index (χ2n) is 3.25. The lowest BCUT2D eigenvalue weighted by atomic mass is 10.1. The van der Waals surface area contributed by atoms with E-state index < -0.39 is 0 Å². The molecule has 0 radical (unpaired) electrons. The van der Waals surface area contributed by atoms with Crippen LogP contribution in [-0.4, -0.2) is 22.9 Å². The first kappa shape index (κ1) is 11.5. The zero-order chi connectivity index (χ0) is 12.3. The van der Waals surface area contributed by atoms with Crippen LogP contribution in [0.1, 0.15) is 16.1 Å². The van der Waals surface area contributed by atoms with Crippen LogP contribution in [0.4, 0.5) is 0 Å². The van der Waals surface area contributed by atoms with Gasteiger partial charge in [-0.3, -0.25) is 4.79 Å². The highest BCUT2D eigenvalue weighted by Crippen LogP contribution is 2.17. The standard InChI is InChI=1S/C12H9ClN2O2/c1-17-12-10(14-6-7-15-12)11(16)8-2-4-9(13)5-3-8/h2-7H,1H3. The van der Waals surface area contributed by atoms with Crippen molar-refractivity contribution in [3.05, 3.63) is 52.9 Å². The van der Waals surface area contributed by atoms with Gasteiger partial charge in [-0.2, -0.15) is 0 Å². The van der Waals surface area contributed by atoms with E-state index in [1.165, 1.54) is 19.5 Å². The Labute approximate surface area is 103 Å². The number of ether oxygens (including phenoxy) is 1. The number of halogens is 1. The van der Waals surface area contributed by atoms with E-state index in [4.69, 9.17) is 16.3 Å². The molecule has 0 amide bonds. The lowest BCUT2D eigenvalue weighted by Crippen LogP contribution is -2.07. The minimum atomic E-state index is -0.244. The number of hydrogen-bond donors (Lipinski definition) is 0. The molecule has 1 heterocycles. The van der Waals surface area contributed by atoms with Crippen LogP contribution in [0, 0.1) is 0 Å². The Morgan fingerprint density at radius 3 is 2.47 bits per heavy atom. The van der Waals surface area contributed by atoms with Gasteiger partial charge in [-0.05, 0) is 24.3 Å². The van der Waals surface area contributed by atoms with Crippen molar-refractivity contribution in [2.75, 3.05) is 7.11 Å². The van der Waals surface area contributed by atoms with Crippen molar-refractivity contribution in [2.24, 2.45) is 0 Å². The van der Waals surface area contributed by atoms with Gasteiger partial charge in [-0.15, -0.1) is 0 Å².